The minimum Gasteiger partial charge on any atom is -0.297 e. The molecule has 84 valence electrons. The first-order valence-corrected chi connectivity index (χ1v) is 7.75. The van der Waals surface area contributed by atoms with Gasteiger partial charge in [0, 0.05) is 11.8 Å². The summed E-state index contributed by atoms with van der Waals surface area (Å²) >= 11 is 13.5. The Labute approximate surface area is 121 Å². The lowest BCUT2D eigenvalue weighted by Crippen LogP contribution is -2.51. The number of fused-ring (bicyclic) bond motifs is 2. The number of carbonyl (C=O) groups is 2. The Morgan fingerprint density at radius 2 is 1.20 bits per heavy atom. The molecule has 0 amide bonds. The summed E-state index contributed by atoms with van der Waals surface area (Å²) in [5.41, 5.74) is 0. The summed E-state index contributed by atoms with van der Waals surface area (Å²) in [4.78, 5) is 24.0. The van der Waals surface area contributed by atoms with Crippen molar-refractivity contribution in [3.8, 4) is 0 Å². The molecule has 2 saturated carbocycles. The van der Waals surface area contributed by atoms with E-state index in [2.05, 4.69) is 63.7 Å². The smallest absolute Gasteiger partial charge is 0.163 e. The molecule has 0 unspecified atom stereocenters. The molecule has 0 N–H and O–H groups in total. The first-order chi connectivity index (χ1) is 6.74. The minimum absolute atomic E-state index is 0.0565. The lowest BCUT2D eigenvalue weighted by molar-refractivity contribution is -0.134. The molecule has 0 saturated heterocycles. The number of Topliss-reactive ketones (excluding diaryl/α,β-unsaturated/α-hetero) is 2. The molecule has 15 heavy (non-hydrogen) atoms. The van der Waals surface area contributed by atoms with Crippen LogP contribution in [0.2, 0.25) is 0 Å². The second-order valence-electron chi connectivity index (χ2n) is 4.18. The third-order valence-corrected chi connectivity index (χ3v) is 5.90. The third-order valence-electron chi connectivity index (χ3n) is 3.04. The van der Waals surface area contributed by atoms with E-state index < -0.39 is 6.47 Å². The van der Waals surface area contributed by atoms with E-state index in [1.807, 2.05) is 0 Å². The molecule has 2 aliphatic carbocycles. The summed E-state index contributed by atoms with van der Waals surface area (Å²) in [7, 11) is 0. The van der Waals surface area contributed by atoms with E-state index in [1.165, 1.54) is 0 Å². The zero-order valence-electron chi connectivity index (χ0n) is 7.60. The lowest BCUT2D eigenvalue weighted by atomic mass is 9.71. The van der Waals surface area contributed by atoms with Gasteiger partial charge in [0.15, 0.2) is 11.6 Å². The quantitative estimate of drug-likeness (QED) is 0.511. The van der Waals surface area contributed by atoms with Crippen molar-refractivity contribution in [1.29, 1.82) is 0 Å². The number of halogens is 4. The van der Waals surface area contributed by atoms with Gasteiger partial charge >= 0.3 is 0 Å². The van der Waals surface area contributed by atoms with E-state index in [4.69, 9.17) is 0 Å². The van der Waals surface area contributed by atoms with Crippen LogP contribution in [0.3, 0.4) is 0 Å². The maximum absolute atomic E-state index is 12.0. The van der Waals surface area contributed by atoms with Gasteiger partial charge in [-0.25, -0.2) is 0 Å². The van der Waals surface area contributed by atoms with Crippen LogP contribution in [0.4, 0.5) is 0 Å². The summed E-state index contributed by atoms with van der Waals surface area (Å²) in [5.74, 6) is 0.182. The molecule has 2 atom stereocenters. The Bertz CT molecular complexity index is 305. The zero-order chi connectivity index (χ0) is 11.4. The van der Waals surface area contributed by atoms with Crippen LogP contribution >= 0.6 is 63.7 Å². The molecule has 2 nitrogen and oxygen atoms in total. The predicted molar refractivity (Wildman–Crippen MR) is 72.0 cm³/mol. The van der Waals surface area contributed by atoms with Gasteiger partial charge in [0.25, 0.3) is 0 Å². The van der Waals surface area contributed by atoms with Gasteiger partial charge < -0.3 is 0 Å². The number of rotatable bonds is 0. The maximum Gasteiger partial charge on any atom is 0.163 e. The molecule has 2 rings (SSSR count). The Balaban J connectivity index is 2.34. The van der Waals surface area contributed by atoms with Crippen LogP contribution < -0.4 is 0 Å². The van der Waals surface area contributed by atoms with Gasteiger partial charge in [0.1, 0.15) is 6.47 Å². The van der Waals surface area contributed by atoms with Crippen LogP contribution in [-0.2, 0) is 9.59 Å². The fourth-order valence-electron chi connectivity index (χ4n) is 2.33. The van der Waals surface area contributed by atoms with Gasteiger partial charge in [0.05, 0.1) is 0 Å². The monoisotopic (exact) mass is 464 g/mol. The van der Waals surface area contributed by atoms with Gasteiger partial charge in [-0.2, -0.15) is 0 Å². The normalized spacial score (nSPS) is 37.9. The van der Waals surface area contributed by atoms with Crippen molar-refractivity contribution >= 4 is 75.3 Å². The van der Waals surface area contributed by atoms with E-state index >= 15 is 0 Å². The summed E-state index contributed by atoms with van der Waals surface area (Å²) in [6, 6.07) is 0. The van der Waals surface area contributed by atoms with Crippen molar-refractivity contribution in [2.24, 2.45) is 11.8 Å². The van der Waals surface area contributed by atoms with Crippen molar-refractivity contribution in [2.75, 3.05) is 0 Å². The van der Waals surface area contributed by atoms with E-state index in [0.717, 1.165) is 0 Å². The summed E-state index contributed by atoms with van der Waals surface area (Å²) in [6.45, 7) is 0. The molecule has 0 aromatic heterocycles. The fourth-order valence-corrected chi connectivity index (χ4v) is 5.19. The summed E-state index contributed by atoms with van der Waals surface area (Å²) in [5, 5.41) is 0. The Hall–Kier alpha value is 1.26. The fraction of sp³-hybridized carbons (Fsp3) is 0.778. The topological polar surface area (TPSA) is 34.1 Å². The second-order valence-corrected chi connectivity index (χ2v) is 11.7. The van der Waals surface area contributed by atoms with Gasteiger partial charge in [0.2, 0.25) is 0 Å². The Morgan fingerprint density at radius 3 is 1.53 bits per heavy atom. The average molecular weight is 468 g/mol. The Kier molecular flexibility index (Phi) is 3.29. The molecule has 0 radical (unpaired) electrons. The predicted octanol–water partition coefficient (Wildman–Crippen LogP) is 3.53. The van der Waals surface area contributed by atoms with Crippen LogP contribution in [0.25, 0.3) is 0 Å². The van der Waals surface area contributed by atoms with Crippen LogP contribution in [0.5, 0.6) is 0 Å². The number of carbonyl (C=O) groups excluding carboxylic acids is 2. The van der Waals surface area contributed by atoms with Crippen molar-refractivity contribution < 1.29 is 9.59 Å². The molecular weight excluding hydrogens is 460 g/mol. The van der Waals surface area contributed by atoms with Crippen LogP contribution in [-0.4, -0.2) is 18.0 Å². The molecule has 2 fully saturated rings. The van der Waals surface area contributed by atoms with E-state index in [1.54, 1.807) is 0 Å². The van der Waals surface area contributed by atoms with Crippen molar-refractivity contribution in [3.05, 3.63) is 0 Å². The molecule has 0 heterocycles. The molecule has 2 bridgehead atoms. The molecule has 0 spiro atoms. The lowest BCUT2D eigenvalue weighted by Gasteiger charge is -2.43. The highest BCUT2D eigenvalue weighted by atomic mass is 79.9. The van der Waals surface area contributed by atoms with E-state index in [-0.39, 0.29) is 23.4 Å². The third kappa shape index (κ3) is 2.16. The zero-order valence-corrected chi connectivity index (χ0v) is 13.9. The van der Waals surface area contributed by atoms with Crippen molar-refractivity contribution in [2.45, 2.75) is 25.7 Å². The number of hydrogen-bond acceptors (Lipinski definition) is 2. The van der Waals surface area contributed by atoms with Crippen molar-refractivity contribution in [3.63, 3.8) is 0 Å². The SMILES string of the molecule is O=C1[C@@H]2C[C@@H](CC1(Br)Br)C(=O)C(Br)(Br)C2. The number of alkyl halides is 4. The van der Waals surface area contributed by atoms with Gasteiger partial charge in [-0.15, -0.1) is 0 Å². The average Bonchev–Trinajstić information content (AvgIpc) is 2.09. The van der Waals surface area contributed by atoms with Gasteiger partial charge in [-0.1, -0.05) is 63.7 Å². The summed E-state index contributed by atoms with van der Waals surface area (Å²) in [6.07, 6.45) is 1.75. The van der Waals surface area contributed by atoms with Crippen molar-refractivity contribution in [1.82, 2.24) is 0 Å². The van der Waals surface area contributed by atoms with Crippen LogP contribution in [0, 0.1) is 11.8 Å². The maximum atomic E-state index is 12.0. The van der Waals surface area contributed by atoms with E-state index in [9.17, 15) is 9.59 Å². The highest BCUT2D eigenvalue weighted by Crippen LogP contribution is 2.53. The highest BCUT2D eigenvalue weighted by Gasteiger charge is 2.55. The second kappa shape index (κ2) is 3.89. The molecule has 0 aromatic rings. The first-order valence-electron chi connectivity index (χ1n) is 4.58. The minimum atomic E-state index is -0.695. The summed E-state index contributed by atoms with van der Waals surface area (Å²) < 4.78 is -1.39. The molecule has 6 heteroatoms. The van der Waals surface area contributed by atoms with Gasteiger partial charge in [-0.3, -0.25) is 9.59 Å². The number of hydrogen-bond donors (Lipinski definition) is 0. The Morgan fingerprint density at radius 1 is 0.867 bits per heavy atom. The molecule has 0 aliphatic heterocycles. The van der Waals surface area contributed by atoms with Crippen LogP contribution in [0.1, 0.15) is 19.3 Å². The van der Waals surface area contributed by atoms with E-state index in [0.29, 0.717) is 19.3 Å². The standard InChI is InChI=1S/C9H8Br4O2/c10-8(11)2-4-1-5(7(8)15)3-9(12,13)6(4)14/h4-5H,1-3H2/t4-,5+. The highest BCUT2D eigenvalue weighted by molar-refractivity contribution is 9.26. The largest absolute Gasteiger partial charge is 0.297 e. The number of ketones is 2. The first kappa shape index (κ1) is 12.7. The molecule has 0 aromatic carbocycles. The molecule has 2 aliphatic rings. The molecular formula is C9H8Br4O2. The van der Waals surface area contributed by atoms with Gasteiger partial charge in [-0.05, 0) is 19.3 Å². The van der Waals surface area contributed by atoms with Crippen LogP contribution in [0.15, 0.2) is 0 Å².